The topological polar surface area (TPSA) is 85.9 Å². The number of ether oxygens (including phenoxy) is 1. The largest absolute Gasteiger partial charge is 0.444 e. The van der Waals surface area contributed by atoms with Crippen LogP contribution in [0.2, 0.25) is 0 Å². The van der Waals surface area contributed by atoms with Gasteiger partial charge >= 0.3 is 6.09 Å². The molecule has 40 heavy (non-hydrogen) atoms. The van der Waals surface area contributed by atoms with Gasteiger partial charge in [-0.25, -0.2) is 4.79 Å². The Hall–Kier alpha value is -3.69. The molecule has 2 heterocycles. The summed E-state index contributed by atoms with van der Waals surface area (Å²) < 4.78 is 5.49. The Balaban J connectivity index is 1.21. The van der Waals surface area contributed by atoms with Crippen LogP contribution in [0.1, 0.15) is 36.7 Å². The summed E-state index contributed by atoms with van der Waals surface area (Å²) >= 11 is 1.67. The maximum absolute atomic E-state index is 13.3. The number of carbonyl (C=O) groups is 2. The van der Waals surface area contributed by atoms with Gasteiger partial charge in [0, 0.05) is 61.2 Å². The number of anilines is 3. The molecule has 9 heteroatoms. The van der Waals surface area contributed by atoms with E-state index in [9.17, 15) is 9.59 Å². The van der Waals surface area contributed by atoms with E-state index in [1.54, 1.807) is 16.7 Å². The minimum absolute atomic E-state index is 0.0996. The van der Waals surface area contributed by atoms with Crippen LogP contribution in [0.4, 0.5) is 21.9 Å². The molecule has 0 bridgehead atoms. The molecule has 210 valence electrons. The van der Waals surface area contributed by atoms with Gasteiger partial charge in [-0.3, -0.25) is 9.69 Å². The number of rotatable bonds is 7. The quantitative estimate of drug-likeness (QED) is 0.264. The molecule has 3 aromatic rings. The van der Waals surface area contributed by atoms with Crippen LogP contribution in [0, 0.1) is 0 Å². The normalized spacial score (nSPS) is 14.9. The molecular formula is C31H37N5O3S. The minimum atomic E-state index is -0.496. The highest BCUT2D eigenvalue weighted by molar-refractivity contribution is 7.99. The molecular weight excluding hydrogens is 522 g/mol. The van der Waals surface area contributed by atoms with Crippen molar-refractivity contribution < 1.29 is 14.3 Å². The van der Waals surface area contributed by atoms with E-state index in [2.05, 4.69) is 45.1 Å². The van der Waals surface area contributed by atoms with Gasteiger partial charge in [-0.2, -0.15) is 0 Å². The molecule has 0 saturated carbocycles. The maximum Gasteiger partial charge on any atom is 0.410 e. The van der Waals surface area contributed by atoms with Crippen molar-refractivity contribution >= 4 is 40.8 Å². The van der Waals surface area contributed by atoms with Gasteiger partial charge in [0.2, 0.25) is 0 Å². The van der Waals surface area contributed by atoms with E-state index in [1.807, 2.05) is 63.2 Å². The molecule has 5 rings (SSSR count). The van der Waals surface area contributed by atoms with Gasteiger partial charge in [-0.15, -0.1) is 0 Å². The zero-order valence-electron chi connectivity index (χ0n) is 23.3. The number of benzene rings is 3. The smallest absolute Gasteiger partial charge is 0.410 e. The number of carbonyl (C=O) groups excluding carboxylic acids is 2. The number of nitrogens with zero attached hydrogens (tertiary/aromatic N) is 2. The van der Waals surface area contributed by atoms with Crippen LogP contribution in [-0.4, -0.2) is 66.7 Å². The predicted octanol–water partition coefficient (Wildman–Crippen LogP) is 5.79. The van der Waals surface area contributed by atoms with Crippen LogP contribution in [0.15, 0.2) is 76.5 Å². The van der Waals surface area contributed by atoms with Gasteiger partial charge in [0.1, 0.15) is 5.60 Å². The van der Waals surface area contributed by atoms with Crippen LogP contribution >= 0.6 is 11.8 Å². The highest BCUT2D eigenvalue weighted by Gasteiger charge is 2.26. The first-order chi connectivity index (χ1) is 19.2. The van der Waals surface area contributed by atoms with Crippen molar-refractivity contribution in [2.45, 2.75) is 42.7 Å². The molecule has 0 aliphatic carbocycles. The van der Waals surface area contributed by atoms with Crippen molar-refractivity contribution in [1.82, 2.24) is 15.1 Å². The minimum Gasteiger partial charge on any atom is -0.444 e. The number of nitrogens with one attached hydrogen (secondary N) is 3. The highest BCUT2D eigenvalue weighted by Crippen LogP contribution is 2.47. The predicted molar refractivity (Wildman–Crippen MR) is 161 cm³/mol. The average Bonchev–Trinajstić information content (AvgIpc) is 2.94. The van der Waals surface area contributed by atoms with Crippen molar-refractivity contribution in [2.24, 2.45) is 0 Å². The lowest BCUT2D eigenvalue weighted by Crippen LogP contribution is -2.51. The molecule has 2 aliphatic rings. The summed E-state index contributed by atoms with van der Waals surface area (Å²) in [6.07, 6.45) is -0.264. The third-order valence-corrected chi connectivity index (χ3v) is 7.91. The molecule has 0 aromatic heterocycles. The Kier molecular flexibility index (Phi) is 8.52. The fraction of sp³-hybridized carbons (Fsp3) is 0.355. The molecule has 8 nitrogen and oxygen atoms in total. The highest BCUT2D eigenvalue weighted by atomic mass is 32.2. The first kappa shape index (κ1) is 27.9. The summed E-state index contributed by atoms with van der Waals surface area (Å²) in [6, 6.07) is 22.3. The number of hydrogen-bond acceptors (Lipinski definition) is 7. The zero-order valence-corrected chi connectivity index (χ0v) is 24.1. The summed E-state index contributed by atoms with van der Waals surface area (Å²) in [5.41, 5.74) is 4.24. The fourth-order valence-electron chi connectivity index (χ4n) is 4.71. The molecule has 2 amide bonds. The standard InChI is InChI=1S/C31H37N5O3S/c1-31(2,3)39-30(38)36-17-15-35(16-18-36)14-13-32-29(37)23-19-25(33-21-22-9-5-4-6-10-22)28-27(20-23)40-26-12-8-7-11-24(26)34-28/h4-12,19-20,33-34H,13-18,21H2,1-3H3,(H,32,37). The van der Waals surface area contributed by atoms with Crippen molar-refractivity contribution in [3.63, 3.8) is 0 Å². The average molecular weight is 560 g/mol. The summed E-state index contributed by atoms with van der Waals surface area (Å²) in [4.78, 5) is 31.7. The Morgan fingerprint density at radius 2 is 1.68 bits per heavy atom. The lowest BCUT2D eigenvalue weighted by molar-refractivity contribution is 0.0147. The van der Waals surface area contributed by atoms with Crippen molar-refractivity contribution in [3.8, 4) is 0 Å². The van der Waals surface area contributed by atoms with E-state index in [4.69, 9.17) is 4.74 Å². The SMILES string of the molecule is CC(C)(C)OC(=O)N1CCN(CCNC(=O)c2cc(NCc3ccccc3)c3c(c2)Sc2ccccc2N3)CC1. The van der Waals surface area contributed by atoms with E-state index in [0.29, 0.717) is 31.7 Å². The Morgan fingerprint density at radius 1 is 0.950 bits per heavy atom. The summed E-state index contributed by atoms with van der Waals surface area (Å²) in [6.45, 7) is 10.3. The number of para-hydroxylation sites is 1. The van der Waals surface area contributed by atoms with Gasteiger partial charge in [-0.05, 0) is 50.6 Å². The van der Waals surface area contributed by atoms with E-state index < -0.39 is 5.60 Å². The maximum atomic E-state index is 13.3. The van der Waals surface area contributed by atoms with Gasteiger partial charge in [0.05, 0.1) is 17.1 Å². The molecule has 3 aromatic carbocycles. The van der Waals surface area contributed by atoms with Crippen molar-refractivity contribution in [2.75, 3.05) is 49.9 Å². The molecule has 1 fully saturated rings. The van der Waals surface area contributed by atoms with Gasteiger partial charge in [0.15, 0.2) is 0 Å². The van der Waals surface area contributed by atoms with Crippen LogP contribution in [0.3, 0.4) is 0 Å². The summed E-state index contributed by atoms with van der Waals surface area (Å²) in [7, 11) is 0. The number of amides is 2. The Morgan fingerprint density at radius 3 is 2.42 bits per heavy atom. The van der Waals surface area contributed by atoms with Crippen LogP contribution in [0.5, 0.6) is 0 Å². The molecule has 1 saturated heterocycles. The first-order valence-corrected chi connectivity index (χ1v) is 14.5. The zero-order chi connectivity index (χ0) is 28.1. The van der Waals surface area contributed by atoms with Gasteiger partial charge in [-0.1, -0.05) is 54.2 Å². The lowest BCUT2D eigenvalue weighted by atomic mass is 10.1. The summed E-state index contributed by atoms with van der Waals surface area (Å²) in [5, 5.41) is 10.2. The Bertz CT molecular complexity index is 1350. The number of fused-ring (bicyclic) bond motifs is 2. The van der Waals surface area contributed by atoms with Crippen LogP contribution < -0.4 is 16.0 Å². The van der Waals surface area contributed by atoms with Crippen molar-refractivity contribution in [3.05, 3.63) is 77.9 Å². The second-order valence-corrected chi connectivity index (χ2v) is 12.1. The Labute approximate surface area is 240 Å². The van der Waals surface area contributed by atoms with E-state index in [1.165, 1.54) is 5.56 Å². The van der Waals surface area contributed by atoms with Crippen LogP contribution in [0.25, 0.3) is 0 Å². The van der Waals surface area contributed by atoms with Crippen LogP contribution in [-0.2, 0) is 11.3 Å². The molecule has 2 aliphatic heterocycles. The molecule has 0 radical (unpaired) electrons. The molecule has 0 unspecified atom stereocenters. The molecule has 0 spiro atoms. The first-order valence-electron chi connectivity index (χ1n) is 13.7. The van der Waals surface area contributed by atoms with E-state index >= 15 is 0 Å². The molecule has 0 atom stereocenters. The van der Waals surface area contributed by atoms with E-state index in [0.717, 1.165) is 46.5 Å². The van der Waals surface area contributed by atoms with Gasteiger partial charge in [0.25, 0.3) is 5.91 Å². The third-order valence-electron chi connectivity index (χ3n) is 6.79. The number of hydrogen-bond donors (Lipinski definition) is 3. The van der Waals surface area contributed by atoms with Gasteiger partial charge < -0.3 is 25.6 Å². The molecule has 3 N–H and O–H groups in total. The lowest BCUT2D eigenvalue weighted by Gasteiger charge is -2.35. The monoisotopic (exact) mass is 559 g/mol. The van der Waals surface area contributed by atoms with Crippen molar-refractivity contribution in [1.29, 1.82) is 0 Å². The second kappa shape index (κ2) is 12.2. The third kappa shape index (κ3) is 7.08. The number of piperazine rings is 1. The van der Waals surface area contributed by atoms with E-state index in [-0.39, 0.29) is 12.0 Å². The fourth-order valence-corrected chi connectivity index (χ4v) is 5.77. The second-order valence-electron chi connectivity index (χ2n) is 11.0. The summed E-state index contributed by atoms with van der Waals surface area (Å²) in [5.74, 6) is -0.0996.